The number of hydrogen-bond acceptors (Lipinski definition) is 2. The number of hydrogen-bond donors (Lipinski definition) is 1. The molecule has 1 N–H and O–H groups in total. The highest BCUT2D eigenvalue weighted by Gasteiger charge is 2.41. The van der Waals surface area contributed by atoms with Gasteiger partial charge in [-0.25, -0.2) is 0 Å². The topological polar surface area (TPSA) is 46.5 Å². The van der Waals surface area contributed by atoms with E-state index in [1.165, 1.54) is 11.1 Å². The Hall–Kier alpha value is -0.770. The van der Waals surface area contributed by atoms with Crippen LogP contribution in [0.15, 0.2) is 24.3 Å². The number of benzene rings is 1. The number of halogens is 2. The van der Waals surface area contributed by atoms with Gasteiger partial charge in [0.2, 0.25) is 0 Å². The second kappa shape index (κ2) is 9.43. The molecule has 146 valence electrons. The van der Waals surface area contributed by atoms with Crippen LogP contribution in [0.4, 0.5) is 0 Å². The van der Waals surface area contributed by atoms with Crippen LogP contribution in [0.3, 0.4) is 0 Å². The Labute approximate surface area is 167 Å². The minimum Gasteiger partial charge on any atom is -0.481 e. The summed E-state index contributed by atoms with van der Waals surface area (Å²) in [5, 5.41) is 8.75. The van der Waals surface area contributed by atoms with Gasteiger partial charge in [0.05, 0.1) is 13.0 Å². The van der Waals surface area contributed by atoms with Crippen molar-refractivity contribution in [3.63, 3.8) is 0 Å². The lowest BCUT2D eigenvalue weighted by atomic mass is 9.82. The first kappa shape index (κ1) is 21.5. The smallest absolute Gasteiger partial charge is 0.305 e. The maximum atomic E-state index is 10.5. The Balaban J connectivity index is 1.95. The number of carboxylic acids is 1. The number of alkyl halides is 2. The van der Waals surface area contributed by atoms with Crippen molar-refractivity contribution in [1.82, 2.24) is 0 Å². The molecule has 1 aromatic rings. The molecule has 0 heterocycles. The third-order valence-corrected chi connectivity index (χ3v) is 6.17. The Morgan fingerprint density at radius 3 is 2.38 bits per heavy atom. The van der Waals surface area contributed by atoms with Gasteiger partial charge in [-0.1, -0.05) is 45.0 Å². The summed E-state index contributed by atoms with van der Waals surface area (Å²) in [5.74, 6) is -0.250. The molecule has 2 rings (SSSR count). The molecule has 26 heavy (non-hydrogen) atoms. The fourth-order valence-electron chi connectivity index (χ4n) is 3.73. The standard InChI is InChI=1S/C21H30Cl2O3/c1-21(2,3)15-8-6-14(7-9-15)20-16(17(22)13-18(20)23)5-4-11-26-12-10-19(24)25/h6-9,16-18,20H,4-5,10-13H2,1-3H3,(H,24,25). The first-order chi connectivity index (χ1) is 12.2. The highest BCUT2D eigenvalue weighted by molar-refractivity contribution is 6.25. The van der Waals surface area contributed by atoms with Gasteiger partial charge in [0.15, 0.2) is 0 Å². The molecular formula is C21H30Cl2O3. The molecule has 0 radical (unpaired) electrons. The number of rotatable bonds is 8. The molecule has 4 unspecified atom stereocenters. The van der Waals surface area contributed by atoms with Crippen LogP contribution in [-0.2, 0) is 14.9 Å². The van der Waals surface area contributed by atoms with Crippen LogP contribution in [-0.4, -0.2) is 35.0 Å². The molecule has 0 aliphatic heterocycles. The second-order valence-electron chi connectivity index (χ2n) is 8.23. The van der Waals surface area contributed by atoms with E-state index in [1.54, 1.807) is 0 Å². The lowest BCUT2D eigenvalue weighted by Gasteiger charge is -2.25. The van der Waals surface area contributed by atoms with Gasteiger partial charge in [-0.2, -0.15) is 0 Å². The van der Waals surface area contributed by atoms with Crippen LogP contribution >= 0.6 is 23.2 Å². The molecule has 1 aliphatic rings. The van der Waals surface area contributed by atoms with Gasteiger partial charge in [0.1, 0.15) is 0 Å². The minimum absolute atomic E-state index is 0.0497. The van der Waals surface area contributed by atoms with Crippen LogP contribution in [0.25, 0.3) is 0 Å². The third-order valence-electron chi connectivity index (χ3n) is 5.21. The van der Waals surface area contributed by atoms with Crippen LogP contribution in [0, 0.1) is 5.92 Å². The summed E-state index contributed by atoms with van der Waals surface area (Å²) in [6.45, 7) is 7.47. The normalized spacial score (nSPS) is 26.2. The zero-order valence-electron chi connectivity index (χ0n) is 15.9. The summed E-state index contributed by atoms with van der Waals surface area (Å²) in [6, 6.07) is 8.80. The maximum Gasteiger partial charge on any atom is 0.305 e. The maximum absolute atomic E-state index is 10.5. The van der Waals surface area contributed by atoms with Gasteiger partial charge in [0, 0.05) is 23.3 Å². The summed E-state index contributed by atoms with van der Waals surface area (Å²) in [4.78, 5) is 10.5. The Kier molecular flexibility index (Phi) is 7.81. The van der Waals surface area contributed by atoms with E-state index in [0.717, 1.165) is 19.3 Å². The molecular weight excluding hydrogens is 371 g/mol. The molecule has 0 aromatic heterocycles. The summed E-state index contributed by atoms with van der Waals surface area (Å²) < 4.78 is 5.40. The van der Waals surface area contributed by atoms with Crippen molar-refractivity contribution in [3.05, 3.63) is 35.4 Å². The van der Waals surface area contributed by atoms with Crippen molar-refractivity contribution in [3.8, 4) is 0 Å². The van der Waals surface area contributed by atoms with E-state index in [-0.39, 0.29) is 35.1 Å². The molecule has 0 bridgehead atoms. The molecule has 1 fully saturated rings. The van der Waals surface area contributed by atoms with Gasteiger partial charge < -0.3 is 9.84 Å². The fourth-order valence-corrected chi connectivity index (χ4v) is 4.82. The van der Waals surface area contributed by atoms with Crippen molar-refractivity contribution in [1.29, 1.82) is 0 Å². The molecule has 5 heteroatoms. The fraction of sp³-hybridized carbons (Fsp3) is 0.667. The number of ether oxygens (including phenoxy) is 1. The Morgan fingerprint density at radius 2 is 1.81 bits per heavy atom. The third kappa shape index (κ3) is 5.87. The van der Waals surface area contributed by atoms with E-state index in [0.29, 0.717) is 12.5 Å². The van der Waals surface area contributed by atoms with E-state index in [2.05, 4.69) is 45.0 Å². The predicted octanol–water partition coefficient (Wildman–Crippen LogP) is 5.57. The monoisotopic (exact) mass is 400 g/mol. The predicted molar refractivity (Wildman–Crippen MR) is 108 cm³/mol. The Bertz CT molecular complexity index is 580. The van der Waals surface area contributed by atoms with Gasteiger partial charge in [0.25, 0.3) is 0 Å². The van der Waals surface area contributed by atoms with Crippen LogP contribution in [0.5, 0.6) is 0 Å². The number of aliphatic carboxylic acids is 1. The van der Waals surface area contributed by atoms with Gasteiger partial charge in [-0.15, -0.1) is 23.2 Å². The molecule has 1 aliphatic carbocycles. The first-order valence-electron chi connectivity index (χ1n) is 9.38. The van der Waals surface area contributed by atoms with Crippen molar-refractivity contribution < 1.29 is 14.6 Å². The average molecular weight is 401 g/mol. The summed E-state index contributed by atoms with van der Waals surface area (Å²) in [6.07, 6.45) is 2.68. The van der Waals surface area contributed by atoms with Crippen LogP contribution in [0.1, 0.15) is 63.5 Å². The summed E-state index contributed by atoms with van der Waals surface area (Å²) in [7, 11) is 0. The molecule has 0 spiro atoms. The van der Waals surface area contributed by atoms with Gasteiger partial charge in [-0.05, 0) is 41.7 Å². The molecule has 0 saturated heterocycles. The highest BCUT2D eigenvalue weighted by atomic mass is 35.5. The molecule has 1 saturated carbocycles. The SMILES string of the molecule is CC(C)(C)c1ccc(C2C(Cl)CC(Cl)C2CCCOCCC(=O)O)cc1. The molecule has 1 aromatic carbocycles. The summed E-state index contributed by atoms with van der Waals surface area (Å²) >= 11 is 13.2. The first-order valence-corrected chi connectivity index (χ1v) is 10.3. The highest BCUT2D eigenvalue weighted by Crippen LogP contribution is 2.47. The van der Waals surface area contributed by atoms with Gasteiger partial charge in [-0.3, -0.25) is 4.79 Å². The zero-order valence-corrected chi connectivity index (χ0v) is 17.4. The minimum atomic E-state index is -0.828. The van der Waals surface area contributed by atoms with Crippen molar-refractivity contribution in [2.75, 3.05) is 13.2 Å². The zero-order chi connectivity index (χ0) is 19.3. The van der Waals surface area contributed by atoms with Crippen LogP contribution < -0.4 is 0 Å². The largest absolute Gasteiger partial charge is 0.481 e. The van der Waals surface area contributed by atoms with Gasteiger partial charge >= 0.3 is 5.97 Å². The molecule has 4 atom stereocenters. The van der Waals surface area contributed by atoms with Crippen molar-refractivity contribution in [2.24, 2.45) is 5.92 Å². The van der Waals surface area contributed by atoms with Crippen LogP contribution in [0.2, 0.25) is 0 Å². The quantitative estimate of drug-likeness (QED) is 0.457. The van der Waals surface area contributed by atoms with Crippen molar-refractivity contribution >= 4 is 29.2 Å². The number of carbonyl (C=O) groups is 1. The van der Waals surface area contributed by atoms with E-state index < -0.39 is 5.97 Å². The van der Waals surface area contributed by atoms with E-state index in [1.807, 2.05) is 0 Å². The van der Waals surface area contributed by atoms with Crippen molar-refractivity contribution in [2.45, 2.75) is 68.5 Å². The van der Waals surface area contributed by atoms with E-state index >= 15 is 0 Å². The second-order valence-corrected chi connectivity index (χ2v) is 9.35. The van der Waals surface area contributed by atoms with E-state index in [4.69, 9.17) is 33.0 Å². The lowest BCUT2D eigenvalue weighted by Crippen LogP contribution is -2.18. The average Bonchev–Trinajstić information content (AvgIpc) is 2.83. The van der Waals surface area contributed by atoms with E-state index in [9.17, 15) is 4.79 Å². The summed E-state index contributed by atoms with van der Waals surface area (Å²) in [5.41, 5.74) is 2.71. The lowest BCUT2D eigenvalue weighted by molar-refractivity contribution is -0.138. The Morgan fingerprint density at radius 1 is 1.15 bits per heavy atom. The molecule has 3 nitrogen and oxygen atoms in total. The number of carboxylic acid groups (broad SMARTS) is 1. The molecule has 0 amide bonds.